The van der Waals surface area contributed by atoms with Gasteiger partial charge in [-0.25, -0.2) is 17.5 Å². The van der Waals surface area contributed by atoms with E-state index in [1.54, 1.807) is 6.07 Å². The first-order valence-corrected chi connectivity index (χ1v) is 14.1. The number of nitrogens with one attached hydrogen (secondary N) is 3. The molecule has 0 bridgehead atoms. The Morgan fingerprint density at radius 2 is 1.74 bits per heavy atom. The molecule has 0 aliphatic carbocycles. The predicted octanol–water partition coefficient (Wildman–Crippen LogP) is 3.66. The van der Waals surface area contributed by atoms with Crippen molar-refractivity contribution in [3.63, 3.8) is 0 Å². The fourth-order valence-electron chi connectivity index (χ4n) is 3.68. The minimum Gasteiger partial charge on any atom is -0.390 e. The molecule has 0 radical (unpaired) electrons. The van der Waals surface area contributed by atoms with Gasteiger partial charge in [0.2, 0.25) is 15.9 Å². The van der Waals surface area contributed by atoms with Crippen LogP contribution in [0.1, 0.15) is 35.5 Å². The van der Waals surface area contributed by atoms with Crippen molar-refractivity contribution in [3.8, 4) is 0 Å². The summed E-state index contributed by atoms with van der Waals surface area (Å²) in [7, 11) is -4.78. The van der Waals surface area contributed by atoms with Crippen LogP contribution in [-0.2, 0) is 21.0 Å². The topological polar surface area (TPSA) is 125 Å². The van der Waals surface area contributed by atoms with Crippen molar-refractivity contribution >= 4 is 43.3 Å². The summed E-state index contributed by atoms with van der Waals surface area (Å²) >= 11 is 1.27. The minimum absolute atomic E-state index is 0.0127. The van der Waals surface area contributed by atoms with E-state index in [4.69, 9.17) is 0 Å². The van der Waals surface area contributed by atoms with Gasteiger partial charge in [0, 0.05) is 17.8 Å². The van der Waals surface area contributed by atoms with Gasteiger partial charge >= 0.3 is 6.18 Å². The van der Waals surface area contributed by atoms with Crippen LogP contribution >= 0.6 is 11.3 Å². The van der Waals surface area contributed by atoms with Gasteiger partial charge in [0.15, 0.2) is 0 Å². The van der Waals surface area contributed by atoms with E-state index < -0.39 is 69.5 Å². The van der Waals surface area contributed by atoms with Crippen LogP contribution in [0.5, 0.6) is 0 Å². The summed E-state index contributed by atoms with van der Waals surface area (Å²) in [5, 5.41) is 16.2. The second-order valence-electron chi connectivity index (χ2n) is 9.19. The number of thiophene rings is 1. The Labute approximate surface area is 226 Å². The molecular weight excluding hydrogens is 562 g/mol. The number of hydrogen-bond donors (Lipinski definition) is 4. The van der Waals surface area contributed by atoms with Crippen LogP contribution in [0.15, 0.2) is 53.4 Å². The Balaban J connectivity index is 1.60. The van der Waals surface area contributed by atoms with Crippen molar-refractivity contribution in [1.29, 1.82) is 0 Å². The van der Waals surface area contributed by atoms with E-state index in [1.807, 2.05) is 42.8 Å². The van der Waals surface area contributed by atoms with Crippen molar-refractivity contribution in [3.05, 3.63) is 64.8 Å². The molecule has 14 heteroatoms. The molecule has 2 atom stereocenters. The number of carbonyl (C=O) groups is 2. The van der Waals surface area contributed by atoms with Crippen LogP contribution in [0.3, 0.4) is 0 Å². The van der Waals surface area contributed by atoms with Gasteiger partial charge in [-0.1, -0.05) is 32.0 Å². The summed E-state index contributed by atoms with van der Waals surface area (Å²) in [6.45, 7) is 2.50. The lowest BCUT2D eigenvalue weighted by molar-refractivity contribution is -0.140. The standard InChI is InChI=1S/C25H27F4N3O5S2/c1-14(2)9-19(32-24(35)21-10-15-5-3-4-6-20(15)38-21)23(34)30-12-17(33)13-31-39(36,37)22-8-7-16(26)11-18(22)25(27,28)29/h3-8,10-11,14,17,19,31,33H,9,12-13H2,1-2H3,(H,30,34)(H,32,35)/t17-,19+/m1/s1. The SMILES string of the molecule is CC(C)C[C@H](NC(=O)c1cc2ccccc2s1)C(=O)NC[C@@H](O)CNS(=O)(=O)c1ccc(F)cc1C(F)(F)F. The highest BCUT2D eigenvalue weighted by Crippen LogP contribution is 2.34. The molecular formula is C25H27F4N3O5S2. The molecule has 2 aromatic carbocycles. The van der Waals surface area contributed by atoms with Crippen molar-refractivity contribution < 1.29 is 40.7 Å². The fraction of sp³-hybridized carbons (Fsp3) is 0.360. The third-order valence-electron chi connectivity index (χ3n) is 5.54. The Bertz CT molecular complexity index is 1410. The number of aliphatic hydroxyl groups excluding tert-OH is 1. The molecule has 3 rings (SSSR count). The Morgan fingerprint density at radius 3 is 2.38 bits per heavy atom. The number of aliphatic hydroxyl groups is 1. The Hall–Kier alpha value is -3.07. The third-order valence-corrected chi connectivity index (χ3v) is 8.13. The molecule has 3 aromatic rings. The third kappa shape index (κ3) is 8.21. The normalized spacial score (nSPS) is 13.8. The van der Waals surface area contributed by atoms with E-state index in [1.165, 1.54) is 11.3 Å². The lowest BCUT2D eigenvalue weighted by Gasteiger charge is -2.21. The maximum atomic E-state index is 13.3. The first-order chi connectivity index (χ1) is 18.2. The average Bonchev–Trinajstić information content (AvgIpc) is 3.29. The molecule has 0 fully saturated rings. The van der Waals surface area contributed by atoms with Gasteiger partial charge in [0.1, 0.15) is 11.9 Å². The van der Waals surface area contributed by atoms with Crippen LogP contribution in [0.2, 0.25) is 0 Å². The summed E-state index contributed by atoms with van der Waals surface area (Å²) in [4.78, 5) is 24.8. The predicted molar refractivity (Wildman–Crippen MR) is 138 cm³/mol. The molecule has 0 saturated heterocycles. The second-order valence-corrected chi connectivity index (χ2v) is 12.0. The molecule has 39 heavy (non-hydrogen) atoms. The number of sulfonamides is 1. The molecule has 8 nitrogen and oxygen atoms in total. The minimum atomic E-state index is -5.13. The van der Waals surface area contributed by atoms with Gasteiger partial charge in [0.05, 0.1) is 21.4 Å². The van der Waals surface area contributed by atoms with Crippen molar-refractivity contribution in [2.75, 3.05) is 13.1 Å². The molecule has 4 N–H and O–H groups in total. The molecule has 0 unspecified atom stereocenters. The maximum Gasteiger partial charge on any atom is 0.417 e. The van der Waals surface area contributed by atoms with Crippen LogP contribution in [0.4, 0.5) is 17.6 Å². The first kappa shape index (κ1) is 30.5. The van der Waals surface area contributed by atoms with Crippen molar-refractivity contribution in [1.82, 2.24) is 15.4 Å². The number of amides is 2. The summed E-state index contributed by atoms with van der Waals surface area (Å²) in [6.07, 6.45) is -6.38. The zero-order valence-electron chi connectivity index (χ0n) is 20.9. The zero-order valence-corrected chi connectivity index (χ0v) is 22.5. The highest BCUT2D eigenvalue weighted by Gasteiger charge is 2.37. The molecule has 0 saturated carbocycles. The molecule has 0 aliphatic heterocycles. The molecule has 212 valence electrons. The lowest BCUT2D eigenvalue weighted by Crippen LogP contribution is -2.49. The summed E-state index contributed by atoms with van der Waals surface area (Å²) < 4.78 is 80.5. The molecule has 1 heterocycles. The zero-order chi connectivity index (χ0) is 29.0. The Kier molecular flexibility index (Phi) is 9.69. The number of halogens is 4. The van der Waals surface area contributed by atoms with Gasteiger partial charge < -0.3 is 15.7 Å². The van der Waals surface area contributed by atoms with E-state index in [0.29, 0.717) is 17.0 Å². The number of carbonyl (C=O) groups excluding carboxylic acids is 2. The number of hydrogen-bond acceptors (Lipinski definition) is 6. The van der Waals surface area contributed by atoms with Crippen molar-refractivity contribution in [2.24, 2.45) is 5.92 Å². The van der Waals surface area contributed by atoms with Crippen LogP contribution in [-0.4, -0.2) is 50.6 Å². The van der Waals surface area contributed by atoms with E-state index in [2.05, 4.69) is 10.6 Å². The molecule has 2 amide bonds. The highest BCUT2D eigenvalue weighted by molar-refractivity contribution is 7.89. The summed E-state index contributed by atoms with van der Waals surface area (Å²) in [6, 6.07) is 9.27. The van der Waals surface area contributed by atoms with Gasteiger partial charge in [0.25, 0.3) is 5.91 Å². The van der Waals surface area contributed by atoms with E-state index in [0.717, 1.165) is 10.1 Å². The van der Waals surface area contributed by atoms with Crippen LogP contribution in [0.25, 0.3) is 10.1 Å². The van der Waals surface area contributed by atoms with Crippen LogP contribution in [0, 0.1) is 11.7 Å². The number of benzene rings is 2. The van der Waals surface area contributed by atoms with Gasteiger partial charge in [-0.05, 0) is 48.1 Å². The van der Waals surface area contributed by atoms with E-state index in [-0.39, 0.29) is 18.4 Å². The number of fused-ring (bicyclic) bond motifs is 1. The highest BCUT2D eigenvalue weighted by atomic mass is 32.2. The summed E-state index contributed by atoms with van der Waals surface area (Å²) in [5.74, 6) is -2.33. The van der Waals surface area contributed by atoms with Gasteiger partial charge in [-0.2, -0.15) is 13.2 Å². The smallest absolute Gasteiger partial charge is 0.390 e. The second kappa shape index (κ2) is 12.4. The van der Waals surface area contributed by atoms with E-state index in [9.17, 15) is 40.7 Å². The maximum absolute atomic E-state index is 13.3. The molecule has 0 aliphatic rings. The molecule has 1 aromatic heterocycles. The lowest BCUT2D eigenvalue weighted by atomic mass is 10.0. The Morgan fingerprint density at radius 1 is 1.05 bits per heavy atom. The van der Waals surface area contributed by atoms with Gasteiger partial charge in [-0.3, -0.25) is 9.59 Å². The quantitative estimate of drug-likeness (QED) is 0.254. The largest absolute Gasteiger partial charge is 0.417 e. The number of rotatable bonds is 11. The van der Waals surface area contributed by atoms with E-state index >= 15 is 0 Å². The average molecular weight is 590 g/mol. The van der Waals surface area contributed by atoms with Crippen LogP contribution < -0.4 is 15.4 Å². The van der Waals surface area contributed by atoms with Crippen molar-refractivity contribution in [2.45, 2.75) is 43.5 Å². The summed E-state index contributed by atoms with van der Waals surface area (Å²) in [5.41, 5.74) is -1.69. The monoisotopic (exact) mass is 589 g/mol. The first-order valence-electron chi connectivity index (χ1n) is 11.8. The van der Waals surface area contributed by atoms with Gasteiger partial charge in [-0.15, -0.1) is 11.3 Å². The number of alkyl halides is 3. The molecule has 0 spiro atoms. The fourth-order valence-corrected chi connectivity index (χ4v) is 5.93.